The Morgan fingerprint density at radius 3 is 2.29 bits per heavy atom. The molecule has 1 N–H and O–H groups in total. The molecule has 0 bridgehead atoms. The van der Waals surface area contributed by atoms with E-state index in [1.165, 1.54) is 19.3 Å². The van der Waals surface area contributed by atoms with Crippen molar-refractivity contribution in [3.8, 4) is 0 Å². The third-order valence-corrected chi connectivity index (χ3v) is 2.99. The molecule has 0 aromatic rings. The molecule has 0 heterocycles. The maximum atomic E-state index is 3.55. The molecule has 86 valence electrons. The van der Waals surface area contributed by atoms with Crippen molar-refractivity contribution in [3.63, 3.8) is 0 Å². The molecule has 2 nitrogen and oxygen atoms in total. The van der Waals surface area contributed by atoms with Crippen LogP contribution in [0.3, 0.4) is 0 Å². The van der Waals surface area contributed by atoms with Gasteiger partial charge in [0.15, 0.2) is 0 Å². The van der Waals surface area contributed by atoms with Gasteiger partial charge in [0.1, 0.15) is 0 Å². The number of likely N-dealkylation sites (N-methyl/N-ethyl adjacent to an activating group) is 1. The summed E-state index contributed by atoms with van der Waals surface area (Å²) in [7, 11) is 4.24. The molecule has 0 aromatic heterocycles. The minimum absolute atomic E-state index is 0.501. The summed E-state index contributed by atoms with van der Waals surface area (Å²) in [5.41, 5.74) is 0.501. The number of hydrogen-bond acceptors (Lipinski definition) is 2. The number of nitrogens with zero attached hydrogens (tertiary/aromatic N) is 1. The molecule has 0 aliphatic carbocycles. The lowest BCUT2D eigenvalue weighted by Gasteiger charge is -2.28. The van der Waals surface area contributed by atoms with Crippen LogP contribution in [-0.2, 0) is 0 Å². The van der Waals surface area contributed by atoms with Crippen molar-refractivity contribution in [2.45, 2.75) is 40.0 Å². The van der Waals surface area contributed by atoms with E-state index in [0.717, 1.165) is 19.6 Å². The van der Waals surface area contributed by atoms with Gasteiger partial charge in [-0.25, -0.2) is 0 Å². The van der Waals surface area contributed by atoms with Crippen LogP contribution >= 0.6 is 0 Å². The van der Waals surface area contributed by atoms with Crippen LogP contribution in [0.15, 0.2) is 0 Å². The summed E-state index contributed by atoms with van der Waals surface area (Å²) in [6.45, 7) is 10.3. The normalized spacial score (nSPS) is 15.9. The molecule has 0 aromatic carbocycles. The standard InChI is InChI=1S/C12H28N2/c1-6-8-12(3,7-2)11-13-9-10-14(4)5/h13H,6-11H2,1-5H3. The van der Waals surface area contributed by atoms with Crippen LogP contribution < -0.4 is 5.32 Å². The van der Waals surface area contributed by atoms with Crippen molar-refractivity contribution in [3.05, 3.63) is 0 Å². The monoisotopic (exact) mass is 200 g/mol. The van der Waals surface area contributed by atoms with E-state index in [1.807, 2.05) is 0 Å². The van der Waals surface area contributed by atoms with Crippen LogP contribution in [0.1, 0.15) is 40.0 Å². The first kappa shape index (κ1) is 13.9. The van der Waals surface area contributed by atoms with E-state index in [9.17, 15) is 0 Å². The van der Waals surface area contributed by atoms with Crippen molar-refractivity contribution in [2.75, 3.05) is 33.7 Å². The second-order valence-corrected chi connectivity index (χ2v) is 4.89. The highest BCUT2D eigenvalue weighted by Gasteiger charge is 2.19. The average Bonchev–Trinajstić information content (AvgIpc) is 2.13. The zero-order valence-electron chi connectivity index (χ0n) is 10.7. The van der Waals surface area contributed by atoms with E-state index in [-0.39, 0.29) is 0 Å². The Hall–Kier alpha value is -0.0800. The molecule has 0 aliphatic rings. The van der Waals surface area contributed by atoms with Gasteiger partial charge in [-0.3, -0.25) is 0 Å². The van der Waals surface area contributed by atoms with E-state index in [1.54, 1.807) is 0 Å². The Labute approximate surface area is 90.1 Å². The Morgan fingerprint density at radius 1 is 1.21 bits per heavy atom. The van der Waals surface area contributed by atoms with E-state index in [2.05, 4.69) is 45.1 Å². The van der Waals surface area contributed by atoms with Gasteiger partial charge in [-0.2, -0.15) is 0 Å². The first-order valence-electron chi connectivity index (χ1n) is 5.89. The van der Waals surface area contributed by atoms with Crippen LogP contribution in [0.2, 0.25) is 0 Å². The highest BCUT2D eigenvalue weighted by Crippen LogP contribution is 2.25. The summed E-state index contributed by atoms with van der Waals surface area (Å²) in [4.78, 5) is 2.22. The zero-order valence-corrected chi connectivity index (χ0v) is 10.7. The molecular weight excluding hydrogens is 172 g/mol. The lowest BCUT2D eigenvalue weighted by molar-refractivity contribution is 0.261. The minimum Gasteiger partial charge on any atom is -0.315 e. The van der Waals surface area contributed by atoms with Crippen molar-refractivity contribution < 1.29 is 0 Å². The summed E-state index contributed by atoms with van der Waals surface area (Å²) in [6, 6.07) is 0. The molecule has 0 saturated carbocycles. The zero-order chi connectivity index (χ0) is 11.0. The minimum atomic E-state index is 0.501. The first-order chi connectivity index (χ1) is 6.54. The molecule has 1 atom stereocenters. The quantitative estimate of drug-likeness (QED) is 0.605. The van der Waals surface area contributed by atoms with Crippen molar-refractivity contribution >= 4 is 0 Å². The fourth-order valence-electron chi connectivity index (χ4n) is 1.69. The van der Waals surface area contributed by atoms with E-state index >= 15 is 0 Å². The van der Waals surface area contributed by atoms with Gasteiger partial charge >= 0.3 is 0 Å². The third kappa shape index (κ3) is 6.39. The molecule has 0 spiro atoms. The SMILES string of the molecule is CCCC(C)(CC)CNCCN(C)C. The second-order valence-electron chi connectivity index (χ2n) is 4.89. The molecular formula is C12H28N2. The molecule has 0 radical (unpaired) electrons. The van der Waals surface area contributed by atoms with Crippen LogP contribution in [-0.4, -0.2) is 38.6 Å². The largest absolute Gasteiger partial charge is 0.315 e. The molecule has 14 heavy (non-hydrogen) atoms. The summed E-state index contributed by atoms with van der Waals surface area (Å²) >= 11 is 0. The molecule has 1 unspecified atom stereocenters. The smallest absolute Gasteiger partial charge is 0.0101 e. The van der Waals surface area contributed by atoms with E-state index in [4.69, 9.17) is 0 Å². The fourth-order valence-corrected chi connectivity index (χ4v) is 1.69. The number of hydrogen-bond donors (Lipinski definition) is 1. The van der Waals surface area contributed by atoms with Crippen molar-refractivity contribution in [1.82, 2.24) is 10.2 Å². The summed E-state index contributed by atoms with van der Waals surface area (Å²) < 4.78 is 0. The Balaban J connectivity index is 3.61. The van der Waals surface area contributed by atoms with Gasteiger partial charge in [0.05, 0.1) is 0 Å². The maximum Gasteiger partial charge on any atom is 0.0101 e. The first-order valence-corrected chi connectivity index (χ1v) is 5.89. The van der Waals surface area contributed by atoms with Gasteiger partial charge in [0.25, 0.3) is 0 Å². The Morgan fingerprint density at radius 2 is 1.86 bits per heavy atom. The molecule has 0 saturated heterocycles. The Bertz CT molecular complexity index is 134. The second kappa shape index (κ2) is 7.24. The Kier molecular flexibility index (Phi) is 7.20. The summed E-state index contributed by atoms with van der Waals surface area (Å²) in [5, 5.41) is 3.55. The van der Waals surface area contributed by atoms with Crippen molar-refractivity contribution in [1.29, 1.82) is 0 Å². The number of nitrogens with one attached hydrogen (secondary N) is 1. The lowest BCUT2D eigenvalue weighted by Crippen LogP contribution is -2.35. The van der Waals surface area contributed by atoms with E-state index < -0.39 is 0 Å². The highest BCUT2D eigenvalue weighted by atomic mass is 15.1. The molecule has 2 heteroatoms. The van der Waals surface area contributed by atoms with Crippen LogP contribution in [0.4, 0.5) is 0 Å². The molecule has 0 rings (SSSR count). The van der Waals surface area contributed by atoms with Gasteiger partial charge in [-0.15, -0.1) is 0 Å². The van der Waals surface area contributed by atoms with Crippen molar-refractivity contribution in [2.24, 2.45) is 5.41 Å². The number of rotatable bonds is 8. The van der Waals surface area contributed by atoms with Gasteiger partial charge in [-0.1, -0.05) is 27.2 Å². The summed E-state index contributed by atoms with van der Waals surface area (Å²) in [6.07, 6.45) is 3.90. The summed E-state index contributed by atoms with van der Waals surface area (Å²) in [5.74, 6) is 0. The maximum absolute atomic E-state index is 3.55. The molecule has 0 amide bonds. The lowest BCUT2D eigenvalue weighted by atomic mass is 9.83. The highest BCUT2D eigenvalue weighted by molar-refractivity contribution is 4.74. The molecule has 0 aliphatic heterocycles. The van der Waals surface area contributed by atoms with Gasteiger partial charge < -0.3 is 10.2 Å². The topological polar surface area (TPSA) is 15.3 Å². The van der Waals surface area contributed by atoms with Gasteiger partial charge in [0, 0.05) is 19.6 Å². The van der Waals surface area contributed by atoms with Crippen LogP contribution in [0, 0.1) is 5.41 Å². The average molecular weight is 200 g/mol. The van der Waals surface area contributed by atoms with Gasteiger partial charge in [0.2, 0.25) is 0 Å². The third-order valence-electron chi connectivity index (χ3n) is 2.99. The fraction of sp³-hybridized carbons (Fsp3) is 1.00. The van der Waals surface area contributed by atoms with Crippen LogP contribution in [0.25, 0.3) is 0 Å². The predicted octanol–water partition coefficient (Wildman–Crippen LogP) is 2.35. The van der Waals surface area contributed by atoms with Crippen LogP contribution in [0.5, 0.6) is 0 Å². The molecule has 0 fully saturated rings. The predicted molar refractivity (Wildman–Crippen MR) is 64.7 cm³/mol. The van der Waals surface area contributed by atoms with Gasteiger partial charge in [-0.05, 0) is 32.4 Å². The van der Waals surface area contributed by atoms with E-state index in [0.29, 0.717) is 5.41 Å².